The fourth-order valence-electron chi connectivity index (χ4n) is 1.78. The van der Waals surface area contributed by atoms with Gasteiger partial charge in [0.2, 0.25) is 5.91 Å². The number of esters is 1. The maximum atomic E-state index is 11.8. The largest absolute Gasteiger partial charge is 0.458 e. The maximum Gasteiger partial charge on any atom is 0.328 e. The van der Waals surface area contributed by atoms with E-state index >= 15 is 0 Å². The Bertz CT molecular complexity index is 486. The summed E-state index contributed by atoms with van der Waals surface area (Å²) >= 11 is 0. The number of hydrogen-bond donors (Lipinski definition) is 1. The van der Waals surface area contributed by atoms with Gasteiger partial charge in [-0.2, -0.15) is 0 Å². The van der Waals surface area contributed by atoms with Gasteiger partial charge in [0.05, 0.1) is 0 Å². The minimum atomic E-state index is -0.630. The predicted molar refractivity (Wildman–Crippen MR) is 82.9 cm³/mol. The number of hydrogen-bond acceptors (Lipinski definition) is 3. The first kappa shape index (κ1) is 17.2. The fraction of sp³-hybridized carbons (Fsp3) is 0.529. The zero-order chi connectivity index (χ0) is 16.0. The van der Waals surface area contributed by atoms with Crippen molar-refractivity contribution in [1.29, 1.82) is 0 Å². The van der Waals surface area contributed by atoms with E-state index < -0.39 is 17.6 Å². The summed E-state index contributed by atoms with van der Waals surface area (Å²) in [6, 6.07) is 7.45. The minimum Gasteiger partial charge on any atom is -0.458 e. The molecule has 0 radical (unpaired) electrons. The molecule has 4 heteroatoms. The number of carbonyl (C=O) groups is 2. The van der Waals surface area contributed by atoms with Crippen molar-refractivity contribution < 1.29 is 14.3 Å². The minimum absolute atomic E-state index is 0.145. The van der Waals surface area contributed by atoms with Crippen LogP contribution in [0.3, 0.4) is 0 Å². The van der Waals surface area contributed by atoms with Crippen LogP contribution in [0, 0.1) is 6.92 Å². The molecule has 4 nitrogen and oxygen atoms in total. The van der Waals surface area contributed by atoms with Crippen LogP contribution in [0.1, 0.15) is 45.2 Å². The second kappa shape index (κ2) is 7.25. The van der Waals surface area contributed by atoms with Gasteiger partial charge in [0.25, 0.3) is 0 Å². The molecule has 0 aliphatic carbocycles. The molecule has 1 aromatic carbocycles. The summed E-state index contributed by atoms with van der Waals surface area (Å²) in [6.45, 7) is 9.07. The molecule has 1 amide bonds. The summed E-state index contributed by atoms with van der Waals surface area (Å²) in [5.74, 6) is -0.555. The lowest BCUT2D eigenvalue weighted by molar-refractivity contribution is -0.158. The molecule has 116 valence electrons. The molecule has 1 N–H and O–H groups in total. The van der Waals surface area contributed by atoms with Gasteiger partial charge in [-0.05, 0) is 46.6 Å². The molecular formula is C17H25NO3. The molecule has 1 atom stereocenters. The van der Waals surface area contributed by atoms with Crippen LogP contribution in [-0.4, -0.2) is 23.5 Å². The quantitative estimate of drug-likeness (QED) is 0.849. The smallest absolute Gasteiger partial charge is 0.328 e. The van der Waals surface area contributed by atoms with Gasteiger partial charge in [-0.25, -0.2) is 4.79 Å². The molecule has 0 fully saturated rings. The Kier molecular flexibility index (Phi) is 5.94. The zero-order valence-corrected chi connectivity index (χ0v) is 13.5. The number of aryl methyl sites for hydroxylation is 2. The van der Waals surface area contributed by atoms with Gasteiger partial charge < -0.3 is 10.1 Å². The van der Waals surface area contributed by atoms with Gasteiger partial charge in [0.15, 0.2) is 0 Å². The Morgan fingerprint density at radius 1 is 1.19 bits per heavy atom. The van der Waals surface area contributed by atoms with Crippen molar-refractivity contribution in [2.75, 3.05) is 0 Å². The van der Waals surface area contributed by atoms with Crippen LogP contribution in [-0.2, 0) is 20.7 Å². The normalized spacial score (nSPS) is 12.6. The molecule has 0 aliphatic heterocycles. The Hall–Kier alpha value is -1.84. The third-order valence-corrected chi connectivity index (χ3v) is 2.90. The molecule has 0 aromatic heterocycles. The SMILES string of the molecule is Cc1ccc(CCC(=O)N[C@H](C)C(=O)OC(C)(C)C)cc1. The van der Waals surface area contributed by atoms with Gasteiger partial charge in [-0.1, -0.05) is 29.8 Å². The molecule has 1 rings (SSSR count). The van der Waals surface area contributed by atoms with Crippen molar-refractivity contribution in [2.45, 2.75) is 59.1 Å². The number of nitrogens with one attached hydrogen (secondary N) is 1. The van der Waals surface area contributed by atoms with Crippen LogP contribution in [0.5, 0.6) is 0 Å². The first-order valence-electron chi connectivity index (χ1n) is 7.25. The van der Waals surface area contributed by atoms with Gasteiger partial charge in [0.1, 0.15) is 11.6 Å². The summed E-state index contributed by atoms with van der Waals surface area (Å²) in [4.78, 5) is 23.6. The summed E-state index contributed by atoms with van der Waals surface area (Å²) in [5.41, 5.74) is 1.76. The number of rotatable bonds is 5. The van der Waals surface area contributed by atoms with Crippen LogP contribution in [0.15, 0.2) is 24.3 Å². The molecule has 1 aromatic rings. The summed E-state index contributed by atoms with van der Waals surface area (Å²) < 4.78 is 5.22. The van der Waals surface area contributed by atoms with Crippen molar-refractivity contribution >= 4 is 11.9 Å². The Balaban J connectivity index is 2.39. The molecule has 21 heavy (non-hydrogen) atoms. The van der Waals surface area contributed by atoms with Gasteiger partial charge in [0, 0.05) is 6.42 Å². The first-order chi connectivity index (χ1) is 9.67. The van der Waals surface area contributed by atoms with Crippen LogP contribution in [0.25, 0.3) is 0 Å². The lowest BCUT2D eigenvalue weighted by Crippen LogP contribution is -2.42. The van der Waals surface area contributed by atoms with Crippen LogP contribution >= 0.6 is 0 Å². The number of benzene rings is 1. The molecule has 0 aliphatic rings. The highest BCUT2D eigenvalue weighted by Gasteiger charge is 2.22. The molecule has 0 bridgehead atoms. The van der Waals surface area contributed by atoms with Crippen LogP contribution in [0.4, 0.5) is 0 Å². The second-order valence-corrected chi connectivity index (χ2v) is 6.31. The van der Waals surface area contributed by atoms with Gasteiger partial charge in [-0.3, -0.25) is 4.79 Å². The van der Waals surface area contributed by atoms with E-state index in [1.165, 1.54) is 5.56 Å². The standard InChI is InChI=1S/C17H25NO3/c1-12-6-8-14(9-7-12)10-11-15(19)18-13(2)16(20)21-17(3,4)5/h6-9,13H,10-11H2,1-5H3,(H,18,19)/t13-/m1/s1. The molecular weight excluding hydrogens is 266 g/mol. The van der Waals surface area contributed by atoms with Crippen molar-refractivity contribution in [3.05, 3.63) is 35.4 Å². The summed E-state index contributed by atoms with van der Waals surface area (Å²) in [6.07, 6.45) is 1.02. The van der Waals surface area contributed by atoms with E-state index in [1.54, 1.807) is 27.7 Å². The predicted octanol–water partition coefficient (Wildman–Crippen LogP) is 2.77. The average molecular weight is 291 g/mol. The highest BCUT2D eigenvalue weighted by atomic mass is 16.6. The molecule has 0 saturated carbocycles. The maximum absolute atomic E-state index is 11.8. The zero-order valence-electron chi connectivity index (χ0n) is 13.5. The summed E-state index contributed by atoms with van der Waals surface area (Å²) in [5, 5.41) is 2.67. The third kappa shape index (κ3) is 6.93. The highest BCUT2D eigenvalue weighted by Crippen LogP contribution is 2.09. The van der Waals surface area contributed by atoms with Crippen molar-refractivity contribution in [3.8, 4) is 0 Å². The topological polar surface area (TPSA) is 55.4 Å². The number of carbonyl (C=O) groups excluding carboxylic acids is 2. The fourth-order valence-corrected chi connectivity index (χ4v) is 1.78. The van der Waals surface area contributed by atoms with Crippen LogP contribution < -0.4 is 5.32 Å². The third-order valence-electron chi connectivity index (χ3n) is 2.90. The highest BCUT2D eigenvalue weighted by molar-refractivity contribution is 5.84. The molecule has 0 unspecified atom stereocenters. The van der Waals surface area contributed by atoms with Crippen molar-refractivity contribution in [2.24, 2.45) is 0 Å². The molecule has 0 saturated heterocycles. The van der Waals surface area contributed by atoms with E-state index in [9.17, 15) is 9.59 Å². The van der Waals surface area contributed by atoms with Crippen molar-refractivity contribution in [1.82, 2.24) is 5.32 Å². The van der Waals surface area contributed by atoms with Gasteiger partial charge >= 0.3 is 5.97 Å². The number of ether oxygens (including phenoxy) is 1. The summed E-state index contributed by atoms with van der Waals surface area (Å²) in [7, 11) is 0. The Morgan fingerprint density at radius 3 is 2.29 bits per heavy atom. The molecule has 0 spiro atoms. The van der Waals surface area contributed by atoms with E-state index in [0.717, 1.165) is 5.56 Å². The Labute approximate surface area is 126 Å². The first-order valence-corrected chi connectivity index (χ1v) is 7.25. The van der Waals surface area contributed by atoms with E-state index in [-0.39, 0.29) is 5.91 Å². The van der Waals surface area contributed by atoms with E-state index in [2.05, 4.69) is 5.32 Å². The van der Waals surface area contributed by atoms with E-state index in [4.69, 9.17) is 4.74 Å². The second-order valence-electron chi connectivity index (χ2n) is 6.31. The molecule has 0 heterocycles. The van der Waals surface area contributed by atoms with Gasteiger partial charge in [-0.15, -0.1) is 0 Å². The Morgan fingerprint density at radius 2 is 1.76 bits per heavy atom. The lowest BCUT2D eigenvalue weighted by atomic mass is 10.1. The average Bonchev–Trinajstić information content (AvgIpc) is 2.36. The monoisotopic (exact) mass is 291 g/mol. The van der Waals surface area contributed by atoms with E-state index in [0.29, 0.717) is 12.8 Å². The van der Waals surface area contributed by atoms with E-state index in [1.807, 2.05) is 31.2 Å². The van der Waals surface area contributed by atoms with Crippen molar-refractivity contribution in [3.63, 3.8) is 0 Å². The van der Waals surface area contributed by atoms with Crippen LogP contribution in [0.2, 0.25) is 0 Å². The lowest BCUT2D eigenvalue weighted by Gasteiger charge is -2.22. The number of amides is 1.